The minimum absolute atomic E-state index is 0.0769. The molecule has 1 aromatic carbocycles. The molecule has 2 aliphatic rings. The van der Waals surface area contributed by atoms with E-state index in [1.165, 1.54) is 0 Å². The van der Waals surface area contributed by atoms with Crippen molar-refractivity contribution in [2.75, 3.05) is 5.32 Å². The topological polar surface area (TPSA) is 130 Å². The van der Waals surface area contributed by atoms with Crippen LogP contribution in [0.25, 0.3) is 10.9 Å². The molecule has 3 heterocycles. The molecule has 1 aliphatic heterocycles. The Morgan fingerprint density at radius 1 is 1.24 bits per heavy atom. The number of nitrogens with one attached hydrogen (secondary N) is 2. The number of rotatable bonds is 3. The first-order chi connectivity index (χ1) is 16.1. The Balaban J connectivity index is 1.54. The van der Waals surface area contributed by atoms with E-state index in [9.17, 15) is 19.2 Å². The number of benzene rings is 1. The summed E-state index contributed by atoms with van der Waals surface area (Å²) in [5.74, 6) is 0.286. The van der Waals surface area contributed by atoms with Crippen LogP contribution in [0.15, 0.2) is 40.2 Å². The molecule has 0 unspecified atom stereocenters. The van der Waals surface area contributed by atoms with Crippen LogP contribution in [0.2, 0.25) is 0 Å². The number of nitriles is 1. The van der Waals surface area contributed by atoms with Gasteiger partial charge in [-0.2, -0.15) is 14.7 Å². The van der Waals surface area contributed by atoms with Gasteiger partial charge in [-0.1, -0.05) is 12.8 Å². The van der Waals surface area contributed by atoms with E-state index in [0.717, 1.165) is 31.2 Å². The second-order valence-corrected chi connectivity index (χ2v) is 12.0. The number of hydrogen-bond donors (Lipinski definition) is 4. The molecule has 9 nitrogen and oxygen atoms in total. The van der Waals surface area contributed by atoms with Gasteiger partial charge >= 0.3 is 0 Å². The van der Waals surface area contributed by atoms with Gasteiger partial charge in [-0.3, -0.25) is 18.6 Å². The lowest BCUT2D eigenvalue weighted by atomic mass is 9.85. The summed E-state index contributed by atoms with van der Waals surface area (Å²) in [7, 11) is -3.05. The van der Waals surface area contributed by atoms with E-state index >= 15 is 0 Å². The van der Waals surface area contributed by atoms with Crippen molar-refractivity contribution in [2.45, 2.75) is 69.5 Å². The van der Waals surface area contributed by atoms with Crippen LogP contribution in [0.5, 0.6) is 0 Å². The number of hydrogen-bond acceptors (Lipinski definition) is 7. The lowest BCUT2D eigenvalue weighted by Crippen LogP contribution is -2.39. The molecule has 0 bridgehead atoms. The third-order valence-corrected chi connectivity index (χ3v) is 9.11. The van der Waals surface area contributed by atoms with Crippen molar-refractivity contribution in [1.82, 2.24) is 19.1 Å². The van der Waals surface area contributed by atoms with E-state index in [0.29, 0.717) is 33.8 Å². The maximum Gasteiger partial charge on any atom is 0.261 e. The van der Waals surface area contributed by atoms with Crippen molar-refractivity contribution in [1.29, 1.82) is 5.26 Å². The molecule has 1 aliphatic carbocycles. The molecule has 34 heavy (non-hydrogen) atoms. The van der Waals surface area contributed by atoms with Gasteiger partial charge in [0.1, 0.15) is 5.39 Å². The summed E-state index contributed by atoms with van der Waals surface area (Å²) in [4.78, 5) is 16.0. The molecule has 0 radical (unpaired) electrons. The van der Waals surface area contributed by atoms with Crippen LogP contribution in [-0.4, -0.2) is 33.7 Å². The largest absolute Gasteiger partial charge is 0.338 e. The van der Waals surface area contributed by atoms with Gasteiger partial charge in [-0.15, -0.1) is 10.8 Å². The Labute approximate surface area is 199 Å². The van der Waals surface area contributed by atoms with Crippen LogP contribution >= 0.6 is 10.8 Å². The van der Waals surface area contributed by atoms with Gasteiger partial charge in [0.15, 0.2) is 5.82 Å². The fourth-order valence-electron chi connectivity index (χ4n) is 5.16. The van der Waals surface area contributed by atoms with Crippen molar-refractivity contribution < 1.29 is 9.11 Å². The first kappa shape index (κ1) is 22.9. The zero-order valence-electron chi connectivity index (χ0n) is 19.6. The summed E-state index contributed by atoms with van der Waals surface area (Å²) in [6.45, 7) is 6.28. The molecule has 0 saturated heterocycles. The molecule has 2 atom stereocenters. The molecule has 0 spiro atoms. The molecular weight excluding hydrogens is 452 g/mol. The highest BCUT2D eigenvalue weighted by molar-refractivity contribution is 8.22. The van der Waals surface area contributed by atoms with Gasteiger partial charge in [0.2, 0.25) is 0 Å². The van der Waals surface area contributed by atoms with Gasteiger partial charge in [0.05, 0.1) is 28.4 Å². The predicted molar refractivity (Wildman–Crippen MR) is 133 cm³/mol. The lowest BCUT2D eigenvalue weighted by Gasteiger charge is -2.44. The number of pyridine rings is 1. The highest BCUT2D eigenvalue weighted by Crippen LogP contribution is 2.61. The van der Waals surface area contributed by atoms with E-state index in [2.05, 4.69) is 16.4 Å². The van der Waals surface area contributed by atoms with Crippen LogP contribution in [0.3, 0.4) is 0 Å². The minimum atomic E-state index is -3.05. The quantitative estimate of drug-likeness (QED) is 0.395. The molecule has 180 valence electrons. The SMILES string of the molecule is CC(C)(C)N1Cc2cc(Nc3nn([C@H]4CCCC[C@@H]4C#N)c4cc[nH]c(=O)c34)ccc2S1(O)O. The van der Waals surface area contributed by atoms with Gasteiger partial charge in [-0.05, 0) is 63.4 Å². The second kappa shape index (κ2) is 8.13. The lowest BCUT2D eigenvalue weighted by molar-refractivity contribution is 0.227. The van der Waals surface area contributed by atoms with Crippen molar-refractivity contribution in [3.05, 3.63) is 46.4 Å². The minimum Gasteiger partial charge on any atom is -0.338 e. The van der Waals surface area contributed by atoms with Crippen LogP contribution in [0.4, 0.5) is 11.5 Å². The average Bonchev–Trinajstić information content (AvgIpc) is 3.29. The van der Waals surface area contributed by atoms with Gasteiger partial charge in [-0.25, -0.2) is 0 Å². The smallest absolute Gasteiger partial charge is 0.261 e. The highest BCUT2D eigenvalue weighted by atomic mass is 32.3. The normalized spacial score (nSPS) is 23.4. The standard InChI is InChI=1S/C24H30N6O3S/c1-24(2,3)29-14-16-12-17(8-9-20(16)34(29,32)33)27-22-21-19(10-11-26-23(21)31)30(28-22)18-7-5-4-6-15(18)13-25/h8-12,15,18,32-33H,4-7,14H2,1-3H3,(H,26,31)(H,27,28)/t15-,18+/m1/s1. The molecule has 5 rings (SSSR count). The maximum absolute atomic E-state index is 12.8. The summed E-state index contributed by atoms with van der Waals surface area (Å²) in [5, 5.41) is 18.2. The first-order valence-electron chi connectivity index (χ1n) is 11.6. The van der Waals surface area contributed by atoms with E-state index in [1.54, 1.807) is 22.6 Å². The summed E-state index contributed by atoms with van der Waals surface area (Å²) >= 11 is 0. The molecular formula is C24H30N6O3S. The molecule has 2 aromatic heterocycles. The second-order valence-electron chi connectivity index (χ2n) is 10.1. The number of fused-ring (bicyclic) bond motifs is 2. The Morgan fingerprint density at radius 2 is 2.00 bits per heavy atom. The fourth-order valence-corrected chi connectivity index (χ4v) is 7.21. The van der Waals surface area contributed by atoms with Crippen molar-refractivity contribution in [3.63, 3.8) is 0 Å². The predicted octanol–water partition coefficient (Wildman–Crippen LogP) is 5.36. The fraction of sp³-hybridized carbons (Fsp3) is 0.458. The first-order valence-corrected chi connectivity index (χ1v) is 13.1. The molecule has 1 saturated carbocycles. The monoisotopic (exact) mass is 482 g/mol. The third-order valence-electron chi connectivity index (χ3n) is 6.83. The average molecular weight is 483 g/mol. The van der Waals surface area contributed by atoms with Crippen molar-refractivity contribution in [2.24, 2.45) is 5.92 Å². The van der Waals surface area contributed by atoms with Crippen LogP contribution in [-0.2, 0) is 6.54 Å². The van der Waals surface area contributed by atoms with E-state index in [-0.39, 0.29) is 17.5 Å². The van der Waals surface area contributed by atoms with E-state index in [4.69, 9.17) is 5.10 Å². The van der Waals surface area contributed by atoms with Gasteiger partial charge < -0.3 is 10.3 Å². The van der Waals surface area contributed by atoms with Crippen molar-refractivity contribution >= 4 is 33.2 Å². The summed E-state index contributed by atoms with van der Waals surface area (Å²) in [6.07, 6.45) is 5.34. The molecule has 10 heteroatoms. The number of aromatic amines is 1. The number of anilines is 2. The van der Waals surface area contributed by atoms with Crippen LogP contribution in [0, 0.1) is 17.2 Å². The Kier molecular flexibility index (Phi) is 5.48. The molecule has 4 N–H and O–H groups in total. The maximum atomic E-state index is 12.8. The molecule has 1 fully saturated rings. The summed E-state index contributed by atoms with van der Waals surface area (Å²) in [5.41, 5.74) is 1.58. The van der Waals surface area contributed by atoms with Gasteiger partial charge in [0, 0.05) is 24.0 Å². The zero-order valence-corrected chi connectivity index (χ0v) is 20.4. The number of aromatic nitrogens is 3. The van der Waals surface area contributed by atoms with Crippen LogP contribution < -0.4 is 10.9 Å². The van der Waals surface area contributed by atoms with E-state index in [1.807, 2.05) is 37.6 Å². The summed E-state index contributed by atoms with van der Waals surface area (Å²) in [6, 6.07) is 9.57. The molecule has 0 amide bonds. The highest BCUT2D eigenvalue weighted by Gasteiger charge is 2.41. The third kappa shape index (κ3) is 3.69. The Morgan fingerprint density at radius 3 is 2.74 bits per heavy atom. The van der Waals surface area contributed by atoms with Crippen molar-refractivity contribution in [3.8, 4) is 6.07 Å². The zero-order chi connectivity index (χ0) is 24.3. The molecule has 3 aromatic rings. The summed E-state index contributed by atoms with van der Waals surface area (Å²) < 4.78 is 25.3. The Bertz CT molecular complexity index is 1350. The van der Waals surface area contributed by atoms with Gasteiger partial charge in [0.25, 0.3) is 5.56 Å². The Hall–Kier alpha value is -2.84. The van der Waals surface area contributed by atoms with Crippen LogP contribution in [0.1, 0.15) is 58.1 Å². The number of nitrogens with zero attached hydrogens (tertiary/aromatic N) is 4. The number of H-pyrrole nitrogens is 1. The van der Waals surface area contributed by atoms with E-state index < -0.39 is 16.3 Å².